The van der Waals surface area contributed by atoms with Crippen molar-refractivity contribution in [1.29, 1.82) is 5.26 Å². The van der Waals surface area contributed by atoms with Crippen LogP contribution in [0.4, 0.5) is 5.82 Å². The summed E-state index contributed by atoms with van der Waals surface area (Å²) < 4.78 is 7.90. The van der Waals surface area contributed by atoms with Crippen LogP contribution in [0.2, 0.25) is 0 Å². The summed E-state index contributed by atoms with van der Waals surface area (Å²) in [7, 11) is 0. The van der Waals surface area contributed by atoms with Crippen molar-refractivity contribution in [2.24, 2.45) is 0 Å². The zero-order chi connectivity index (χ0) is 20.5. The topological polar surface area (TPSA) is 92.5 Å². The largest absolute Gasteiger partial charge is 0.457 e. The molecule has 0 saturated carbocycles. The summed E-state index contributed by atoms with van der Waals surface area (Å²) in [4.78, 5) is 11.0. The Kier molecular flexibility index (Phi) is 4.45. The van der Waals surface area contributed by atoms with Crippen LogP contribution in [0.1, 0.15) is 18.2 Å². The molecule has 1 unspecified atom stereocenters. The maximum absolute atomic E-state index is 9.21. The van der Waals surface area contributed by atoms with Crippen molar-refractivity contribution in [3.05, 3.63) is 72.8 Å². The maximum atomic E-state index is 9.21. The Labute approximate surface area is 174 Å². The molecule has 7 heteroatoms. The minimum Gasteiger partial charge on any atom is -0.457 e. The molecule has 0 bridgehead atoms. The van der Waals surface area contributed by atoms with Crippen molar-refractivity contribution >= 4 is 11.3 Å². The molecule has 0 radical (unpaired) electrons. The Morgan fingerprint density at radius 3 is 2.57 bits per heavy atom. The van der Waals surface area contributed by atoms with Crippen LogP contribution in [0.3, 0.4) is 0 Å². The van der Waals surface area contributed by atoms with E-state index in [0.717, 1.165) is 47.1 Å². The van der Waals surface area contributed by atoms with Gasteiger partial charge in [-0.15, -0.1) is 0 Å². The van der Waals surface area contributed by atoms with E-state index in [9.17, 15) is 5.26 Å². The predicted octanol–water partition coefficient (Wildman–Crippen LogP) is 4.04. The van der Waals surface area contributed by atoms with Crippen LogP contribution in [0, 0.1) is 11.5 Å². The molecule has 0 spiro atoms. The SMILES string of the molecule is N#CN1CCC(c2nc(-c3ccc(Oc4ccccc4)cc3)c3c(N)nccn23)C1. The monoisotopic (exact) mass is 396 g/mol. The number of rotatable bonds is 4. The Morgan fingerprint density at radius 1 is 1.07 bits per heavy atom. The lowest BCUT2D eigenvalue weighted by Gasteiger charge is -2.08. The molecule has 1 aliphatic rings. The third-order valence-corrected chi connectivity index (χ3v) is 5.41. The third kappa shape index (κ3) is 3.18. The molecule has 1 saturated heterocycles. The molecule has 5 rings (SSSR count). The highest BCUT2D eigenvalue weighted by Gasteiger charge is 2.28. The van der Waals surface area contributed by atoms with E-state index in [1.165, 1.54) is 0 Å². The Morgan fingerprint density at radius 2 is 1.83 bits per heavy atom. The van der Waals surface area contributed by atoms with E-state index in [-0.39, 0.29) is 5.92 Å². The zero-order valence-electron chi connectivity index (χ0n) is 16.3. The van der Waals surface area contributed by atoms with E-state index in [1.54, 1.807) is 11.1 Å². The highest BCUT2D eigenvalue weighted by atomic mass is 16.5. The summed E-state index contributed by atoms with van der Waals surface area (Å²) >= 11 is 0. The molecular weight excluding hydrogens is 376 g/mol. The second-order valence-electron chi connectivity index (χ2n) is 7.32. The van der Waals surface area contributed by atoms with E-state index < -0.39 is 0 Å². The van der Waals surface area contributed by atoms with Crippen LogP contribution in [-0.4, -0.2) is 32.4 Å². The molecular formula is C23H20N6O. The minimum absolute atomic E-state index is 0.174. The molecule has 7 nitrogen and oxygen atoms in total. The van der Waals surface area contributed by atoms with Crippen molar-refractivity contribution in [3.63, 3.8) is 0 Å². The van der Waals surface area contributed by atoms with E-state index in [4.69, 9.17) is 15.5 Å². The Balaban J connectivity index is 1.52. The molecule has 2 aromatic carbocycles. The molecule has 0 amide bonds. The van der Waals surface area contributed by atoms with Gasteiger partial charge in [-0.3, -0.25) is 4.40 Å². The number of benzene rings is 2. The average molecular weight is 396 g/mol. The minimum atomic E-state index is 0.174. The number of nitriles is 1. The van der Waals surface area contributed by atoms with Crippen molar-refractivity contribution in [1.82, 2.24) is 19.3 Å². The molecule has 148 valence electrons. The van der Waals surface area contributed by atoms with Gasteiger partial charge in [0.25, 0.3) is 0 Å². The van der Waals surface area contributed by atoms with Gasteiger partial charge in [0.05, 0.1) is 0 Å². The summed E-state index contributed by atoms with van der Waals surface area (Å²) in [5, 5.41) is 9.21. The van der Waals surface area contributed by atoms with Crippen molar-refractivity contribution < 1.29 is 4.74 Å². The fourth-order valence-corrected chi connectivity index (χ4v) is 3.94. The number of nitrogens with zero attached hydrogens (tertiary/aromatic N) is 5. The fourth-order valence-electron chi connectivity index (χ4n) is 3.94. The number of nitrogen functional groups attached to an aromatic ring is 1. The summed E-state index contributed by atoms with van der Waals surface area (Å²) in [6, 6.07) is 17.5. The van der Waals surface area contributed by atoms with Gasteiger partial charge in [-0.1, -0.05) is 18.2 Å². The summed E-state index contributed by atoms with van der Waals surface area (Å²) in [5.41, 5.74) is 8.75. The van der Waals surface area contributed by atoms with Gasteiger partial charge in [-0.25, -0.2) is 9.97 Å². The number of nitrogens with two attached hydrogens (primary N) is 1. The first-order valence-electron chi connectivity index (χ1n) is 9.83. The average Bonchev–Trinajstić information content (AvgIpc) is 3.40. The van der Waals surface area contributed by atoms with Gasteiger partial charge in [-0.05, 0) is 42.8 Å². The number of fused-ring (bicyclic) bond motifs is 1. The maximum Gasteiger partial charge on any atom is 0.179 e. The molecule has 1 atom stereocenters. The number of hydrogen-bond acceptors (Lipinski definition) is 6. The van der Waals surface area contributed by atoms with Crippen LogP contribution >= 0.6 is 0 Å². The van der Waals surface area contributed by atoms with E-state index in [2.05, 4.69) is 11.2 Å². The highest BCUT2D eigenvalue weighted by molar-refractivity contribution is 5.85. The van der Waals surface area contributed by atoms with E-state index in [1.807, 2.05) is 65.2 Å². The number of para-hydroxylation sites is 1. The first kappa shape index (κ1) is 18.0. The fraction of sp³-hybridized carbons (Fsp3) is 0.174. The first-order valence-corrected chi connectivity index (χ1v) is 9.83. The number of imidazole rings is 1. The lowest BCUT2D eigenvalue weighted by molar-refractivity contribution is 0.476. The Hall–Kier alpha value is -4.05. The highest BCUT2D eigenvalue weighted by Crippen LogP contribution is 2.34. The lowest BCUT2D eigenvalue weighted by atomic mass is 10.1. The molecule has 4 aromatic rings. The summed E-state index contributed by atoms with van der Waals surface area (Å²) in [6.45, 7) is 1.42. The number of likely N-dealkylation sites (tertiary alicyclic amines) is 1. The first-order chi connectivity index (χ1) is 14.7. The summed E-state index contributed by atoms with van der Waals surface area (Å²) in [6.07, 6.45) is 6.69. The molecule has 2 N–H and O–H groups in total. The number of anilines is 1. The van der Waals surface area contributed by atoms with Gasteiger partial charge < -0.3 is 15.4 Å². The molecule has 30 heavy (non-hydrogen) atoms. The van der Waals surface area contributed by atoms with Crippen LogP contribution in [0.15, 0.2) is 67.0 Å². The number of hydrogen-bond donors (Lipinski definition) is 1. The standard InChI is InChI=1S/C23H20N6O/c24-15-28-12-10-17(14-28)23-27-20(21-22(25)26-11-13-29(21)23)16-6-8-19(9-7-16)30-18-4-2-1-3-5-18/h1-9,11,13,17H,10,12,14H2,(H2,25,26). The Bertz CT molecular complexity index is 1230. The number of ether oxygens (including phenoxy) is 1. The van der Waals surface area contributed by atoms with Crippen LogP contribution in [-0.2, 0) is 0 Å². The zero-order valence-corrected chi connectivity index (χ0v) is 16.3. The van der Waals surface area contributed by atoms with Gasteiger partial charge >= 0.3 is 0 Å². The van der Waals surface area contributed by atoms with Crippen molar-refractivity contribution in [2.45, 2.75) is 12.3 Å². The smallest absolute Gasteiger partial charge is 0.179 e. The molecule has 2 aromatic heterocycles. The van der Waals surface area contributed by atoms with Gasteiger partial charge in [0.15, 0.2) is 6.19 Å². The third-order valence-electron chi connectivity index (χ3n) is 5.41. The molecule has 0 aliphatic carbocycles. The van der Waals surface area contributed by atoms with Crippen LogP contribution < -0.4 is 10.5 Å². The number of aromatic nitrogens is 3. The summed E-state index contributed by atoms with van der Waals surface area (Å²) in [5.74, 6) is 3.06. The van der Waals surface area contributed by atoms with Crippen LogP contribution in [0.5, 0.6) is 11.5 Å². The van der Waals surface area contributed by atoms with Gasteiger partial charge in [0.2, 0.25) is 0 Å². The van der Waals surface area contributed by atoms with Crippen molar-refractivity contribution in [2.75, 3.05) is 18.8 Å². The van der Waals surface area contributed by atoms with Crippen molar-refractivity contribution in [3.8, 4) is 28.9 Å². The van der Waals surface area contributed by atoms with Gasteiger partial charge in [-0.2, -0.15) is 5.26 Å². The van der Waals surface area contributed by atoms with Crippen LogP contribution in [0.25, 0.3) is 16.8 Å². The second-order valence-corrected chi connectivity index (χ2v) is 7.32. The normalized spacial score (nSPS) is 16.0. The molecule has 1 aliphatic heterocycles. The predicted molar refractivity (Wildman–Crippen MR) is 114 cm³/mol. The van der Waals surface area contributed by atoms with Gasteiger partial charge in [0, 0.05) is 37.0 Å². The van der Waals surface area contributed by atoms with E-state index in [0.29, 0.717) is 12.4 Å². The lowest BCUT2D eigenvalue weighted by Crippen LogP contribution is -2.14. The second kappa shape index (κ2) is 7.41. The van der Waals surface area contributed by atoms with E-state index >= 15 is 0 Å². The molecule has 1 fully saturated rings. The quantitative estimate of drug-likeness (QED) is 0.523. The molecule has 3 heterocycles. The van der Waals surface area contributed by atoms with Gasteiger partial charge in [0.1, 0.15) is 34.4 Å².